The van der Waals surface area contributed by atoms with Crippen molar-refractivity contribution >= 4 is 17.7 Å². The summed E-state index contributed by atoms with van der Waals surface area (Å²) in [7, 11) is 0. The normalized spacial score (nSPS) is 21.6. The van der Waals surface area contributed by atoms with Gasteiger partial charge in [-0.05, 0) is 37.0 Å². The molecule has 0 aliphatic heterocycles. The molecule has 0 radical (unpaired) electrons. The second-order valence-electron chi connectivity index (χ2n) is 5.47. The first-order valence-electron chi connectivity index (χ1n) is 7.07. The molecule has 3 N–H and O–H groups in total. The van der Waals surface area contributed by atoms with Crippen LogP contribution in [0.15, 0.2) is 18.2 Å². The summed E-state index contributed by atoms with van der Waals surface area (Å²) in [6.07, 6.45) is 4.31. The summed E-state index contributed by atoms with van der Waals surface area (Å²) in [6.45, 7) is 2.10. The summed E-state index contributed by atoms with van der Waals surface area (Å²) in [5, 5.41) is 14.2. The number of urea groups is 1. The van der Waals surface area contributed by atoms with E-state index in [9.17, 15) is 14.0 Å². The number of nitrogens with one attached hydrogen (secondary N) is 2. The lowest BCUT2D eigenvalue weighted by Gasteiger charge is -2.29. The SMILES string of the molecule is CC1CCCCC1NC(=O)Nc1ccc(C(=O)O)c(F)c1. The Morgan fingerprint density at radius 1 is 1.29 bits per heavy atom. The molecule has 1 fully saturated rings. The Morgan fingerprint density at radius 2 is 2.00 bits per heavy atom. The van der Waals surface area contributed by atoms with Crippen LogP contribution in [0.5, 0.6) is 0 Å². The first-order chi connectivity index (χ1) is 9.97. The minimum Gasteiger partial charge on any atom is -0.478 e. The summed E-state index contributed by atoms with van der Waals surface area (Å²) in [6, 6.07) is 3.25. The predicted molar refractivity (Wildman–Crippen MR) is 76.9 cm³/mol. The molecule has 5 nitrogen and oxygen atoms in total. The summed E-state index contributed by atoms with van der Waals surface area (Å²) >= 11 is 0. The Labute approximate surface area is 122 Å². The highest BCUT2D eigenvalue weighted by Gasteiger charge is 2.22. The Kier molecular flexibility index (Phi) is 4.77. The molecule has 6 heteroatoms. The molecule has 21 heavy (non-hydrogen) atoms. The largest absolute Gasteiger partial charge is 0.478 e. The minimum atomic E-state index is -1.33. The second-order valence-corrected chi connectivity index (χ2v) is 5.47. The Bertz CT molecular complexity index is 548. The van der Waals surface area contributed by atoms with E-state index in [2.05, 4.69) is 17.6 Å². The maximum Gasteiger partial charge on any atom is 0.338 e. The molecule has 0 spiro atoms. The Morgan fingerprint density at radius 3 is 2.62 bits per heavy atom. The maximum atomic E-state index is 13.5. The zero-order valence-corrected chi connectivity index (χ0v) is 11.9. The van der Waals surface area contributed by atoms with Crippen LogP contribution in [0, 0.1) is 11.7 Å². The van der Waals surface area contributed by atoms with Gasteiger partial charge in [0, 0.05) is 11.7 Å². The lowest BCUT2D eigenvalue weighted by atomic mass is 9.86. The van der Waals surface area contributed by atoms with Gasteiger partial charge in [-0.1, -0.05) is 19.8 Å². The monoisotopic (exact) mass is 294 g/mol. The van der Waals surface area contributed by atoms with Crippen LogP contribution in [0.4, 0.5) is 14.9 Å². The van der Waals surface area contributed by atoms with E-state index in [1.807, 2.05) is 0 Å². The van der Waals surface area contributed by atoms with E-state index in [0.717, 1.165) is 31.4 Å². The topological polar surface area (TPSA) is 78.4 Å². The molecule has 0 aromatic heterocycles. The molecule has 2 atom stereocenters. The molecule has 0 bridgehead atoms. The van der Waals surface area contributed by atoms with Gasteiger partial charge < -0.3 is 15.7 Å². The van der Waals surface area contributed by atoms with Crippen LogP contribution < -0.4 is 10.6 Å². The first-order valence-corrected chi connectivity index (χ1v) is 7.07. The quantitative estimate of drug-likeness (QED) is 0.801. The number of halogens is 1. The number of amides is 2. The van der Waals surface area contributed by atoms with Crippen molar-refractivity contribution in [1.29, 1.82) is 0 Å². The number of aromatic carboxylic acids is 1. The predicted octanol–water partition coefficient (Wildman–Crippen LogP) is 3.22. The van der Waals surface area contributed by atoms with Crippen molar-refractivity contribution in [3.8, 4) is 0 Å². The maximum absolute atomic E-state index is 13.5. The fourth-order valence-corrected chi connectivity index (χ4v) is 2.63. The Hall–Kier alpha value is -2.11. The van der Waals surface area contributed by atoms with E-state index >= 15 is 0 Å². The summed E-state index contributed by atoms with van der Waals surface area (Å²) in [5.74, 6) is -1.78. The van der Waals surface area contributed by atoms with E-state index in [-0.39, 0.29) is 11.7 Å². The van der Waals surface area contributed by atoms with E-state index < -0.39 is 23.4 Å². The van der Waals surface area contributed by atoms with Crippen LogP contribution in [0.3, 0.4) is 0 Å². The van der Waals surface area contributed by atoms with Gasteiger partial charge in [0.2, 0.25) is 0 Å². The highest BCUT2D eigenvalue weighted by atomic mass is 19.1. The molecule has 1 aliphatic carbocycles. The highest BCUT2D eigenvalue weighted by molar-refractivity contribution is 5.91. The van der Waals surface area contributed by atoms with Gasteiger partial charge in [0.1, 0.15) is 5.82 Å². The highest BCUT2D eigenvalue weighted by Crippen LogP contribution is 2.23. The molecule has 0 saturated heterocycles. The third kappa shape index (κ3) is 3.93. The van der Waals surface area contributed by atoms with Crippen LogP contribution >= 0.6 is 0 Å². The van der Waals surface area contributed by atoms with Gasteiger partial charge in [0.25, 0.3) is 0 Å². The zero-order valence-electron chi connectivity index (χ0n) is 11.9. The second kappa shape index (κ2) is 6.56. The molecule has 2 rings (SSSR count). The number of carboxylic acid groups (broad SMARTS) is 1. The van der Waals surface area contributed by atoms with Gasteiger partial charge in [0.05, 0.1) is 5.56 Å². The van der Waals surface area contributed by atoms with Gasteiger partial charge in [-0.15, -0.1) is 0 Å². The molecule has 114 valence electrons. The van der Waals surface area contributed by atoms with Gasteiger partial charge >= 0.3 is 12.0 Å². The molecular weight excluding hydrogens is 275 g/mol. The molecule has 2 amide bonds. The molecular formula is C15H19FN2O3. The van der Waals surface area contributed by atoms with E-state index in [0.29, 0.717) is 5.92 Å². The smallest absolute Gasteiger partial charge is 0.338 e. The number of hydrogen-bond donors (Lipinski definition) is 3. The van der Waals surface area contributed by atoms with Crippen molar-refractivity contribution < 1.29 is 19.1 Å². The average molecular weight is 294 g/mol. The summed E-state index contributed by atoms with van der Waals surface area (Å²) < 4.78 is 13.5. The summed E-state index contributed by atoms with van der Waals surface area (Å²) in [4.78, 5) is 22.6. The van der Waals surface area contributed by atoms with Crippen LogP contribution in [0.1, 0.15) is 43.0 Å². The van der Waals surface area contributed by atoms with Crippen LogP contribution in [-0.2, 0) is 0 Å². The average Bonchev–Trinajstić information content (AvgIpc) is 2.41. The number of carbonyl (C=O) groups excluding carboxylic acids is 1. The number of carboxylic acids is 1. The Balaban J connectivity index is 1.96. The van der Waals surface area contributed by atoms with E-state index in [1.165, 1.54) is 12.5 Å². The van der Waals surface area contributed by atoms with Crippen molar-refractivity contribution in [1.82, 2.24) is 5.32 Å². The molecule has 1 aliphatic rings. The van der Waals surface area contributed by atoms with Crippen molar-refractivity contribution in [2.45, 2.75) is 38.6 Å². The fraction of sp³-hybridized carbons (Fsp3) is 0.467. The number of benzene rings is 1. The fourth-order valence-electron chi connectivity index (χ4n) is 2.63. The van der Waals surface area contributed by atoms with Crippen molar-refractivity contribution in [3.05, 3.63) is 29.6 Å². The molecule has 1 saturated carbocycles. The van der Waals surface area contributed by atoms with Crippen LogP contribution in [0.2, 0.25) is 0 Å². The number of anilines is 1. The molecule has 2 unspecified atom stereocenters. The van der Waals surface area contributed by atoms with E-state index in [1.54, 1.807) is 0 Å². The van der Waals surface area contributed by atoms with Gasteiger partial charge in [0.15, 0.2) is 0 Å². The molecule has 1 aromatic carbocycles. The number of carbonyl (C=O) groups is 2. The first kappa shape index (κ1) is 15.3. The lowest BCUT2D eigenvalue weighted by Crippen LogP contribution is -2.43. The van der Waals surface area contributed by atoms with Gasteiger partial charge in [-0.25, -0.2) is 14.0 Å². The van der Waals surface area contributed by atoms with Crippen LogP contribution in [0.25, 0.3) is 0 Å². The third-order valence-electron chi connectivity index (χ3n) is 3.89. The zero-order chi connectivity index (χ0) is 15.4. The number of hydrogen-bond acceptors (Lipinski definition) is 2. The van der Waals surface area contributed by atoms with Gasteiger partial charge in [-0.2, -0.15) is 0 Å². The van der Waals surface area contributed by atoms with Gasteiger partial charge in [-0.3, -0.25) is 0 Å². The summed E-state index contributed by atoms with van der Waals surface area (Å²) in [5.41, 5.74) is -0.180. The van der Waals surface area contributed by atoms with Crippen molar-refractivity contribution in [2.75, 3.05) is 5.32 Å². The standard InChI is InChI=1S/C15H19FN2O3/c1-9-4-2-3-5-13(9)18-15(21)17-10-6-7-11(14(19)20)12(16)8-10/h6-9,13H,2-5H2,1H3,(H,19,20)(H2,17,18,21). The van der Waals surface area contributed by atoms with Crippen molar-refractivity contribution in [2.24, 2.45) is 5.92 Å². The molecule has 1 aromatic rings. The number of rotatable bonds is 3. The van der Waals surface area contributed by atoms with E-state index in [4.69, 9.17) is 5.11 Å². The van der Waals surface area contributed by atoms with Crippen LogP contribution in [-0.4, -0.2) is 23.1 Å². The third-order valence-corrected chi connectivity index (χ3v) is 3.89. The minimum absolute atomic E-state index is 0.127. The van der Waals surface area contributed by atoms with Crippen molar-refractivity contribution in [3.63, 3.8) is 0 Å². The molecule has 0 heterocycles. The lowest BCUT2D eigenvalue weighted by molar-refractivity contribution is 0.0692.